The van der Waals surface area contributed by atoms with Crippen LogP contribution in [-0.4, -0.2) is 29.6 Å². The van der Waals surface area contributed by atoms with Crippen molar-refractivity contribution in [2.24, 2.45) is 5.10 Å². The minimum Gasteiger partial charge on any atom is -0.312 e. The third-order valence-electron chi connectivity index (χ3n) is 3.58. The van der Waals surface area contributed by atoms with Crippen LogP contribution >= 0.6 is 0 Å². The van der Waals surface area contributed by atoms with E-state index in [1.165, 1.54) is 6.21 Å². The molecule has 116 valence electrons. The Balaban J connectivity index is 1.61. The van der Waals surface area contributed by atoms with Crippen LogP contribution in [0.3, 0.4) is 0 Å². The van der Waals surface area contributed by atoms with Crippen LogP contribution in [0.15, 0.2) is 53.9 Å². The minimum atomic E-state index is -0.301. The number of hydrazone groups is 1. The van der Waals surface area contributed by atoms with E-state index < -0.39 is 0 Å². The number of carbonyl (C=O) groups is 2. The molecule has 1 aliphatic heterocycles. The molecule has 2 heterocycles. The number of aromatic nitrogens is 1. The van der Waals surface area contributed by atoms with Gasteiger partial charge in [-0.15, -0.1) is 0 Å². The molecule has 6 nitrogen and oxygen atoms in total. The number of hydrogen-bond donors (Lipinski definition) is 1. The summed E-state index contributed by atoms with van der Waals surface area (Å²) in [5, 5.41) is 3.90. The SMILES string of the molecule is O=C(N/N=C/c1cccnc1)c1ccc(N2CCCC2=O)cc1. The standard InChI is InChI=1S/C17H16N4O2/c22-16-4-2-10-21(16)15-7-5-14(6-8-15)17(23)20-19-12-13-3-1-9-18-11-13/h1,3,5-9,11-12H,2,4,10H2,(H,20,23)/b19-12+. The van der Waals surface area contributed by atoms with Crippen LogP contribution in [-0.2, 0) is 4.79 Å². The van der Waals surface area contributed by atoms with E-state index in [9.17, 15) is 9.59 Å². The van der Waals surface area contributed by atoms with Gasteiger partial charge in [0.05, 0.1) is 6.21 Å². The predicted octanol–water partition coefficient (Wildman–Crippen LogP) is 1.97. The van der Waals surface area contributed by atoms with Crippen LogP contribution in [0, 0.1) is 0 Å². The van der Waals surface area contributed by atoms with E-state index in [1.54, 1.807) is 47.6 Å². The molecule has 0 atom stereocenters. The van der Waals surface area contributed by atoms with Crippen LogP contribution in [0.2, 0.25) is 0 Å². The van der Waals surface area contributed by atoms with Gasteiger partial charge in [-0.05, 0) is 36.8 Å². The van der Waals surface area contributed by atoms with Crippen LogP contribution in [0.5, 0.6) is 0 Å². The fourth-order valence-corrected chi connectivity index (χ4v) is 2.40. The van der Waals surface area contributed by atoms with Crippen molar-refractivity contribution < 1.29 is 9.59 Å². The van der Waals surface area contributed by atoms with E-state index in [4.69, 9.17) is 0 Å². The number of carbonyl (C=O) groups excluding carboxylic acids is 2. The van der Waals surface area contributed by atoms with Crippen molar-refractivity contribution >= 4 is 23.7 Å². The molecular weight excluding hydrogens is 292 g/mol. The van der Waals surface area contributed by atoms with Gasteiger partial charge in [0.2, 0.25) is 5.91 Å². The quantitative estimate of drug-likeness (QED) is 0.693. The smallest absolute Gasteiger partial charge is 0.271 e. The minimum absolute atomic E-state index is 0.128. The molecule has 2 aromatic rings. The lowest BCUT2D eigenvalue weighted by molar-refractivity contribution is -0.117. The molecule has 3 rings (SSSR count). The van der Waals surface area contributed by atoms with Crippen molar-refractivity contribution in [2.45, 2.75) is 12.8 Å². The van der Waals surface area contributed by atoms with Gasteiger partial charge in [0.15, 0.2) is 0 Å². The summed E-state index contributed by atoms with van der Waals surface area (Å²) >= 11 is 0. The number of rotatable bonds is 4. The molecular formula is C17H16N4O2. The van der Waals surface area contributed by atoms with E-state index in [-0.39, 0.29) is 11.8 Å². The molecule has 0 unspecified atom stereocenters. The van der Waals surface area contributed by atoms with Gasteiger partial charge in [0, 0.05) is 42.2 Å². The van der Waals surface area contributed by atoms with Gasteiger partial charge in [-0.2, -0.15) is 5.10 Å². The van der Waals surface area contributed by atoms with E-state index in [2.05, 4.69) is 15.5 Å². The van der Waals surface area contributed by atoms with Crippen LogP contribution in [0.25, 0.3) is 0 Å². The third kappa shape index (κ3) is 3.60. The molecule has 0 saturated carbocycles. The third-order valence-corrected chi connectivity index (χ3v) is 3.58. The molecule has 1 saturated heterocycles. The Hall–Kier alpha value is -3.02. The first-order valence-corrected chi connectivity index (χ1v) is 7.38. The zero-order valence-corrected chi connectivity index (χ0v) is 12.5. The molecule has 0 radical (unpaired) electrons. The highest BCUT2D eigenvalue weighted by Gasteiger charge is 2.21. The predicted molar refractivity (Wildman–Crippen MR) is 87.3 cm³/mol. The van der Waals surface area contributed by atoms with Gasteiger partial charge in [0.1, 0.15) is 0 Å². The number of nitrogens with one attached hydrogen (secondary N) is 1. The highest BCUT2D eigenvalue weighted by Crippen LogP contribution is 2.21. The van der Waals surface area contributed by atoms with Crippen molar-refractivity contribution in [2.75, 3.05) is 11.4 Å². The number of benzene rings is 1. The maximum atomic E-state index is 12.0. The highest BCUT2D eigenvalue weighted by molar-refractivity contribution is 5.97. The Labute approximate surface area is 133 Å². The van der Waals surface area contributed by atoms with E-state index >= 15 is 0 Å². The molecule has 6 heteroatoms. The Bertz CT molecular complexity index is 726. The first kappa shape index (κ1) is 14.9. The Morgan fingerprint density at radius 2 is 2.09 bits per heavy atom. The van der Waals surface area contributed by atoms with Gasteiger partial charge in [-0.1, -0.05) is 6.07 Å². The van der Waals surface area contributed by atoms with E-state index in [1.807, 2.05) is 6.07 Å². The zero-order valence-electron chi connectivity index (χ0n) is 12.5. The molecule has 1 fully saturated rings. The first-order chi connectivity index (χ1) is 11.2. The van der Waals surface area contributed by atoms with Crippen molar-refractivity contribution in [1.82, 2.24) is 10.4 Å². The Kier molecular flexibility index (Phi) is 4.42. The second-order valence-electron chi connectivity index (χ2n) is 5.18. The molecule has 0 aliphatic carbocycles. The number of pyridine rings is 1. The molecule has 23 heavy (non-hydrogen) atoms. The highest BCUT2D eigenvalue weighted by atomic mass is 16.2. The number of nitrogens with zero attached hydrogens (tertiary/aromatic N) is 3. The fraction of sp³-hybridized carbons (Fsp3) is 0.176. The summed E-state index contributed by atoms with van der Waals surface area (Å²) in [4.78, 5) is 29.4. The molecule has 0 bridgehead atoms. The Morgan fingerprint density at radius 3 is 2.74 bits per heavy atom. The fourth-order valence-electron chi connectivity index (χ4n) is 2.40. The topological polar surface area (TPSA) is 74.7 Å². The van der Waals surface area contributed by atoms with Gasteiger partial charge in [0.25, 0.3) is 5.91 Å². The lowest BCUT2D eigenvalue weighted by Gasteiger charge is -2.15. The van der Waals surface area contributed by atoms with Crippen molar-refractivity contribution in [3.05, 3.63) is 59.9 Å². The van der Waals surface area contributed by atoms with E-state index in [0.717, 1.165) is 24.2 Å². The summed E-state index contributed by atoms with van der Waals surface area (Å²) in [6, 6.07) is 10.6. The van der Waals surface area contributed by atoms with E-state index in [0.29, 0.717) is 12.0 Å². The maximum Gasteiger partial charge on any atom is 0.271 e. The lowest BCUT2D eigenvalue weighted by Crippen LogP contribution is -2.24. The maximum absolute atomic E-state index is 12.0. The van der Waals surface area contributed by atoms with Crippen LogP contribution < -0.4 is 10.3 Å². The number of anilines is 1. The summed E-state index contributed by atoms with van der Waals surface area (Å²) in [5.74, 6) is -0.173. The summed E-state index contributed by atoms with van der Waals surface area (Å²) < 4.78 is 0. The van der Waals surface area contributed by atoms with Crippen LogP contribution in [0.4, 0.5) is 5.69 Å². The van der Waals surface area contributed by atoms with Crippen molar-refractivity contribution in [3.63, 3.8) is 0 Å². The van der Waals surface area contributed by atoms with Crippen LogP contribution in [0.1, 0.15) is 28.8 Å². The average molecular weight is 308 g/mol. The molecule has 1 aromatic carbocycles. The summed E-state index contributed by atoms with van der Waals surface area (Å²) in [7, 11) is 0. The second-order valence-corrected chi connectivity index (χ2v) is 5.18. The monoisotopic (exact) mass is 308 g/mol. The first-order valence-electron chi connectivity index (χ1n) is 7.38. The van der Waals surface area contributed by atoms with Gasteiger partial charge >= 0.3 is 0 Å². The van der Waals surface area contributed by atoms with Gasteiger partial charge < -0.3 is 4.90 Å². The normalized spacial score (nSPS) is 14.4. The largest absolute Gasteiger partial charge is 0.312 e. The zero-order chi connectivity index (χ0) is 16.1. The second kappa shape index (κ2) is 6.83. The molecule has 2 amide bonds. The van der Waals surface area contributed by atoms with Crippen molar-refractivity contribution in [3.8, 4) is 0 Å². The summed E-state index contributed by atoms with van der Waals surface area (Å²) in [5.41, 5.74) is 4.58. The average Bonchev–Trinajstić information content (AvgIpc) is 3.02. The number of hydrogen-bond acceptors (Lipinski definition) is 4. The molecule has 1 N–H and O–H groups in total. The van der Waals surface area contributed by atoms with Gasteiger partial charge in [-0.25, -0.2) is 5.43 Å². The molecule has 1 aromatic heterocycles. The Morgan fingerprint density at radius 1 is 1.26 bits per heavy atom. The number of amides is 2. The van der Waals surface area contributed by atoms with Crippen molar-refractivity contribution in [1.29, 1.82) is 0 Å². The summed E-state index contributed by atoms with van der Waals surface area (Å²) in [6.45, 7) is 0.736. The molecule has 0 spiro atoms. The molecule has 1 aliphatic rings. The lowest BCUT2D eigenvalue weighted by atomic mass is 10.2. The van der Waals surface area contributed by atoms with Gasteiger partial charge in [-0.3, -0.25) is 14.6 Å². The summed E-state index contributed by atoms with van der Waals surface area (Å²) in [6.07, 6.45) is 6.32.